The van der Waals surface area contributed by atoms with Crippen LogP contribution in [0.3, 0.4) is 0 Å². The third-order valence-electron chi connectivity index (χ3n) is 3.56. The highest BCUT2D eigenvalue weighted by atomic mass is 19.3. The molecular formula is C15H21F2N3O3. The Morgan fingerprint density at radius 3 is 2.65 bits per heavy atom. The molecular weight excluding hydrogens is 308 g/mol. The van der Waals surface area contributed by atoms with Gasteiger partial charge in [0.15, 0.2) is 0 Å². The fourth-order valence-electron chi connectivity index (χ4n) is 2.38. The van der Waals surface area contributed by atoms with Gasteiger partial charge in [0.2, 0.25) is 11.9 Å². The maximum absolute atomic E-state index is 13.0. The molecule has 2 aliphatic rings. The Labute approximate surface area is 133 Å². The smallest absolute Gasteiger partial charge is 0.333 e. The summed E-state index contributed by atoms with van der Waals surface area (Å²) < 4.78 is 34.6. The molecule has 0 saturated heterocycles. The van der Waals surface area contributed by atoms with Crippen LogP contribution in [0, 0.1) is 5.92 Å². The van der Waals surface area contributed by atoms with Crippen LogP contribution in [0.1, 0.15) is 32.1 Å². The van der Waals surface area contributed by atoms with Crippen LogP contribution >= 0.6 is 0 Å². The minimum absolute atomic E-state index is 0.00653. The van der Waals surface area contributed by atoms with Crippen molar-refractivity contribution in [1.29, 1.82) is 0 Å². The van der Waals surface area contributed by atoms with Gasteiger partial charge < -0.3 is 5.32 Å². The van der Waals surface area contributed by atoms with Gasteiger partial charge in [0, 0.05) is 18.3 Å². The predicted molar refractivity (Wildman–Crippen MR) is 80.4 cm³/mol. The first-order valence-corrected chi connectivity index (χ1v) is 7.68. The fourth-order valence-corrected chi connectivity index (χ4v) is 2.38. The molecule has 1 aliphatic heterocycles. The van der Waals surface area contributed by atoms with Crippen molar-refractivity contribution < 1.29 is 23.0 Å². The van der Waals surface area contributed by atoms with E-state index in [0.717, 1.165) is 25.7 Å². The minimum Gasteiger partial charge on any atom is -0.333 e. The largest absolute Gasteiger partial charge is 0.486 e. The molecule has 1 amide bonds. The van der Waals surface area contributed by atoms with E-state index in [0.29, 0.717) is 0 Å². The van der Waals surface area contributed by atoms with Crippen LogP contribution in [0.2, 0.25) is 0 Å². The molecule has 0 spiro atoms. The zero-order valence-electron chi connectivity index (χ0n) is 12.8. The number of hydrogen-bond donors (Lipinski definition) is 2. The number of carbonyl (C=O) groups excluding carboxylic acids is 1. The Morgan fingerprint density at radius 1 is 1.22 bits per heavy atom. The molecule has 0 unspecified atom stereocenters. The maximum Gasteiger partial charge on any atom is 0.486 e. The van der Waals surface area contributed by atoms with Crippen molar-refractivity contribution in [1.82, 2.24) is 10.6 Å². The third-order valence-corrected chi connectivity index (χ3v) is 3.56. The average Bonchev–Trinajstić information content (AvgIpc) is 2.53. The van der Waals surface area contributed by atoms with Gasteiger partial charge >= 0.3 is 6.29 Å². The quantitative estimate of drug-likeness (QED) is 0.774. The molecule has 23 heavy (non-hydrogen) atoms. The molecule has 0 atom stereocenters. The lowest BCUT2D eigenvalue weighted by molar-refractivity contribution is -0.385. The summed E-state index contributed by atoms with van der Waals surface area (Å²) in [6, 6.07) is 0. The zero-order valence-corrected chi connectivity index (χ0v) is 12.8. The van der Waals surface area contributed by atoms with E-state index in [9.17, 15) is 13.6 Å². The number of aliphatic imine (C=N–C) groups is 1. The highest BCUT2D eigenvalue weighted by Gasteiger charge is 2.30. The Kier molecular flexibility index (Phi) is 6.66. The number of nitrogens with zero attached hydrogens (tertiary/aromatic N) is 1. The van der Waals surface area contributed by atoms with E-state index in [1.807, 2.05) is 0 Å². The number of ether oxygens (including phenoxy) is 2. The van der Waals surface area contributed by atoms with Crippen molar-refractivity contribution in [3.63, 3.8) is 0 Å². The first-order valence-electron chi connectivity index (χ1n) is 7.68. The van der Waals surface area contributed by atoms with Crippen LogP contribution < -0.4 is 10.6 Å². The monoisotopic (exact) mass is 329 g/mol. The molecule has 0 radical (unpaired) electrons. The van der Waals surface area contributed by atoms with Gasteiger partial charge in [-0.1, -0.05) is 19.3 Å². The van der Waals surface area contributed by atoms with Gasteiger partial charge in [0.05, 0.1) is 13.2 Å². The summed E-state index contributed by atoms with van der Waals surface area (Å²) in [6.45, 7) is -0.697. The van der Waals surface area contributed by atoms with E-state index >= 15 is 0 Å². The van der Waals surface area contributed by atoms with Crippen LogP contribution in [0.5, 0.6) is 0 Å². The van der Waals surface area contributed by atoms with Crippen molar-refractivity contribution in [3.05, 3.63) is 24.6 Å². The van der Waals surface area contributed by atoms with Crippen molar-refractivity contribution in [2.45, 2.75) is 38.4 Å². The second-order valence-corrected chi connectivity index (χ2v) is 5.32. The lowest BCUT2D eigenvalue weighted by atomic mass is 9.89. The number of amides is 1. The molecule has 1 heterocycles. The second-order valence-electron chi connectivity index (χ2n) is 5.32. The number of alkyl halides is 2. The Balaban J connectivity index is 1.95. The van der Waals surface area contributed by atoms with E-state index in [4.69, 9.17) is 0 Å². The van der Waals surface area contributed by atoms with Gasteiger partial charge in [0.25, 0.3) is 0 Å². The third kappa shape index (κ3) is 6.45. The minimum atomic E-state index is -3.64. The average molecular weight is 329 g/mol. The number of nitrogens with one attached hydrogen (secondary N) is 2. The molecule has 0 bridgehead atoms. The lowest BCUT2D eigenvalue weighted by Gasteiger charge is -2.21. The molecule has 1 aliphatic carbocycles. The van der Waals surface area contributed by atoms with Crippen LogP contribution in [0.4, 0.5) is 8.78 Å². The second kappa shape index (κ2) is 8.73. The standard InChI is InChI=1S/C15H21F2N3O3/c16-15(17)22-10-4-8-18-14(19-9-5-11-23-15)20-13(21)12-6-2-1-3-7-12/h4-5,8-9,12H,1-3,6-7,10-11H2,(H2,18,19,20,21)/b8-4+,9-5+. The van der Waals surface area contributed by atoms with E-state index in [1.165, 1.54) is 31.0 Å². The van der Waals surface area contributed by atoms with Crippen molar-refractivity contribution >= 4 is 11.9 Å². The van der Waals surface area contributed by atoms with Crippen LogP contribution in [0.15, 0.2) is 29.5 Å². The summed E-state index contributed by atoms with van der Waals surface area (Å²) >= 11 is 0. The molecule has 0 aromatic carbocycles. The van der Waals surface area contributed by atoms with Crippen LogP contribution in [-0.2, 0) is 14.3 Å². The normalized spacial score (nSPS) is 25.9. The van der Waals surface area contributed by atoms with Crippen molar-refractivity contribution in [2.24, 2.45) is 10.9 Å². The maximum atomic E-state index is 13.0. The number of carbonyl (C=O) groups is 1. The predicted octanol–water partition coefficient (Wildman–Crippen LogP) is 2.25. The summed E-state index contributed by atoms with van der Waals surface area (Å²) in [5.41, 5.74) is 0. The summed E-state index contributed by atoms with van der Waals surface area (Å²) in [5.74, 6) is 0.150. The number of hydrogen-bond acceptors (Lipinski definition) is 5. The lowest BCUT2D eigenvalue weighted by Crippen LogP contribution is -2.42. The van der Waals surface area contributed by atoms with Gasteiger partial charge in [0.1, 0.15) is 0 Å². The molecule has 0 aromatic heterocycles. The molecule has 1 fully saturated rings. The van der Waals surface area contributed by atoms with E-state index < -0.39 is 6.29 Å². The summed E-state index contributed by atoms with van der Waals surface area (Å²) in [4.78, 5) is 16.2. The molecule has 2 N–H and O–H groups in total. The highest BCUT2D eigenvalue weighted by molar-refractivity contribution is 5.98. The number of halogens is 2. The van der Waals surface area contributed by atoms with Crippen LogP contribution in [0.25, 0.3) is 0 Å². The van der Waals surface area contributed by atoms with Gasteiger partial charge in [-0.3, -0.25) is 19.6 Å². The SMILES string of the molecule is O=C(NC1=N/C=C/COC(F)(F)OC/C=C/N1)C1CCCCC1. The van der Waals surface area contributed by atoms with Crippen molar-refractivity contribution in [3.8, 4) is 0 Å². The number of rotatable bonds is 1. The summed E-state index contributed by atoms with van der Waals surface area (Å²) in [5, 5.41) is 5.48. The van der Waals surface area contributed by atoms with E-state index in [1.54, 1.807) is 0 Å². The molecule has 1 saturated carbocycles. The zero-order chi connectivity index (χ0) is 16.5. The van der Waals surface area contributed by atoms with E-state index in [-0.39, 0.29) is 31.0 Å². The molecule has 6 nitrogen and oxygen atoms in total. The Bertz CT molecular complexity index is 486. The van der Waals surface area contributed by atoms with E-state index in [2.05, 4.69) is 25.1 Å². The van der Waals surface area contributed by atoms with Gasteiger partial charge in [-0.15, -0.1) is 8.78 Å². The van der Waals surface area contributed by atoms with Gasteiger partial charge in [-0.2, -0.15) is 0 Å². The first kappa shape index (κ1) is 17.6. The highest BCUT2D eigenvalue weighted by Crippen LogP contribution is 2.23. The molecule has 128 valence electrons. The first-order chi connectivity index (χ1) is 11.1. The summed E-state index contributed by atoms with van der Waals surface area (Å²) in [6.07, 6.45) is 6.70. The molecule has 0 aromatic rings. The van der Waals surface area contributed by atoms with Crippen LogP contribution in [-0.4, -0.2) is 31.4 Å². The van der Waals surface area contributed by atoms with Gasteiger partial charge in [-0.25, -0.2) is 4.99 Å². The Hall–Kier alpha value is -1.80. The fraction of sp³-hybridized carbons (Fsp3) is 0.600. The van der Waals surface area contributed by atoms with Crippen molar-refractivity contribution in [2.75, 3.05) is 13.2 Å². The molecule has 8 heteroatoms. The Morgan fingerprint density at radius 2 is 1.91 bits per heavy atom. The molecule has 2 rings (SSSR count). The summed E-state index contributed by atoms with van der Waals surface area (Å²) in [7, 11) is 0. The van der Waals surface area contributed by atoms with Gasteiger partial charge in [-0.05, 0) is 25.0 Å². The topological polar surface area (TPSA) is 72.0 Å². The number of guanidine groups is 1.